The second-order valence-corrected chi connectivity index (χ2v) is 7.14. The molecule has 0 unspecified atom stereocenters. The topological polar surface area (TPSA) is 58.0 Å². The van der Waals surface area contributed by atoms with Crippen LogP contribution in [0, 0.1) is 5.92 Å². The van der Waals surface area contributed by atoms with Gasteiger partial charge in [0.25, 0.3) is 0 Å². The highest BCUT2D eigenvalue weighted by Gasteiger charge is 2.32. The van der Waals surface area contributed by atoms with Gasteiger partial charge in [0, 0.05) is 6.54 Å². The van der Waals surface area contributed by atoms with Gasteiger partial charge in [-0.3, -0.25) is 0 Å². The molecule has 1 saturated carbocycles. The van der Waals surface area contributed by atoms with Gasteiger partial charge in [-0.2, -0.15) is 0 Å². The summed E-state index contributed by atoms with van der Waals surface area (Å²) in [6, 6.07) is 1.98. The zero-order valence-corrected chi connectivity index (χ0v) is 13.7. The molecule has 0 saturated heterocycles. The number of anilines is 1. The van der Waals surface area contributed by atoms with Gasteiger partial charge in [-0.05, 0) is 54.6 Å². The Hall–Kier alpha value is -0.910. The Morgan fingerprint density at radius 3 is 2.90 bits per heavy atom. The summed E-state index contributed by atoms with van der Waals surface area (Å²) in [7, 11) is 0. The maximum absolute atomic E-state index is 10.7. The SMILES string of the molecule is CCC1CCC(O)(CNc2nc(Cl)nc3sccc23)CC1. The number of thiophene rings is 1. The van der Waals surface area contributed by atoms with Crippen molar-refractivity contribution in [3.05, 3.63) is 16.7 Å². The molecule has 1 aliphatic rings. The number of aromatic nitrogens is 2. The molecule has 2 aromatic rings. The monoisotopic (exact) mass is 325 g/mol. The van der Waals surface area contributed by atoms with E-state index in [9.17, 15) is 5.11 Å². The number of nitrogens with one attached hydrogen (secondary N) is 1. The van der Waals surface area contributed by atoms with Crippen LogP contribution in [0.15, 0.2) is 11.4 Å². The molecule has 1 fully saturated rings. The zero-order chi connectivity index (χ0) is 14.9. The van der Waals surface area contributed by atoms with E-state index in [1.807, 2.05) is 11.4 Å². The first-order chi connectivity index (χ1) is 10.1. The lowest BCUT2D eigenvalue weighted by Crippen LogP contribution is -2.40. The van der Waals surface area contributed by atoms with E-state index in [2.05, 4.69) is 22.2 Å². The third-order valence-electron chi connectivity index (χ3n) is 4.50. The standard InChI is InChI=1S/C15H20ClN3OS/c1-2-10-3-6-15(20,7-4-10)9-17-12-11-5-8-21-13(11)19-14(16)18-12/h5,8,10,20H,2-4,6-7,9H2,1H3,(H,17,18,19). The molecule has 4 nitrogen and oxygen atoms in total. The van der Waals surface area contributed by atoms with Crippen LogP contribution in [-0.2, 0) is 0 Å². The molecule has 1 aliphatic carbocycles. The van der Waals surface area contributed by atoms with Crippen molar-refractivity contribution in [1.82, 2.24) is 9.97 Å². The van der Waals surface area contributed by atoms with Gasteiger partial charge in [-0.15, -0.1) is 11.3 Å². The largest absolute Gasteiger partial charge is 0.388 e. The molecular formula is C15H20ClN3OS. The minimum atomic E-state index is -0.633. The van der Waals surface area contributed by atoms with Crippen molar-refractivity contribution in [2.45, 2.75) is 44.6 Å². The van der Waals surface area contributed by atoms with E-state index in [-0.39, 0.29) is 5.28 Å². The molecular weight excluding hydrogens is 306 g/mol. The zero-order valence-electron chi connectivity index (χ0n) is 12.1. The van der Waals surface area contributed by atoms with Crippen LogP contribution in [0.3, 0.4) is 0 Å². The predicted octanol–water partition coefficient (Wildman–Crippen LogP) is 4.09. The van der Waals surface area contributed by atoms with Crippen LogP contribution in [0.1, 0.15) is 39.0 Å². The molecule has 0 radical (unpaired) electrons. The van der Waals surface area contributed by atoms with Gasteiger partial charge in [0.1, 0.15) is 10.6 Å². The highest BCUT2D eigenvalue weighted by molar-refractivity contribution is 7.16. The number of halogens is 1. The predicted molar refractivity (Wildman–Crippen MR) is 88.1 cm³/mol. The maximum Gasteiger partial charge on any atom is 0.225 e. The van der Waals surface area contributed by atoms with Crippen molar-refractivity contribution < 1.29 is 5.11 Å². The lowest BCUT2D eigenvalue weighted by Gasteiger charge is -2.36. The van der Waals surface area contributed by atoms with Crippen LogP contribution in [0.25, 0.3) is 10.2 Å². The fourth-order valence-electron chi connectivity index (χ4n) is 3.01. The lowest BCUT2D eigenvalue weighted by molar-refractivity contribution is 0.00225. The van der Waals surface area contributed by atoms with Crippen LogP contribution in [0.4, 0.5) is 5.82 Å². The van der Waals surface area contributed by atoms with Crippen molar-refractivity contribution in [1.29, 1.82) is 0 Å². The molecule has 6 heteroatoms. The minimum absolute atomic E-state index is 0.245. The number of fused-ring (bicyclic) bond motifs is 1. The van der Waals surface area contributed by atoms with Gasteiger partial charge in [0.05, 0.1) is 11.0 Å². The van der Waals surface area contributed by atoms with Crippen LogP contribution < -0.4 is 5.32 Å². The average molecular weight is 326 g/mol. The number of hydrogen-bond acceptors (Lipinski definition) is 5. The molecule has 0 bridgehead atoms. The molecule has 2 N–H and O–H groups in total. The molecule has 2 aromatic heterocycles. The minimum Gasteiger partial charge on any atom is -0.388 e. The fraction of sp³-hybridized carbons (Fsp3) is 0.600. The van der Waals surface area contributed by atoms with E-state index in [1.54, 1.807) is 11.3 Å². The maximum atomic E-state index is 10.7. The highest BCUT2D eigenvalue weighted by atomic mass is 35.5. The molecule has 0 aromatic carbocycles. The highest BCUT2D eigenvalue weighted by Crippen LogP contribution is 2.34. The quantitative estimate of drug-likeness (QED) is 0.831. The summed E-state index contributed by atoms with van der Waals surface area (Å²) in [4.78, 5) is 9.33. The number of hydrogen-bond donors (Lipinski definition) is 2. The number of aliphatic hydroxyl groups is 1. The van der Waals surface area contributed by atoms with Gasteiger partial charge < -0.3 is 10.4 Å². The van der Waals surface area contributed by atoms with Gasteiger partial charge in [-0.25, -0.2) is 9.97 Å². The van der Waals surface area contributed by atoms with Crippen molar-refractivity contribution in [2.75, 3.05) is 11.9 Å². The van der Waals surface area contributed by atoms with Crippen LogP contribution in [-0.4, -0.2) is 27.2 Å². The summed E-state index contributed by atoms with van der Waals surface area (Å²) in [6.07, 6.45) is 5.12. The van der Waals surface area contributed by atoms with Crippen LogP contribution in [0.2, 0.25) is 5.28 Å². The Morgan fingerprint density at radius 1 is 1.43 bits per heavy atom. The molecule has 0 aliphatic heterocycles. The van der Waals surface area contributed by atoms with E-state index in [1.165, 1.54) is 6.42 Å². The molecule has 0 spiro atoms. The molecule has 2 heterocycles. The average Bonchev–Trinajstić information content (AvgIpc) is 2.94. The van der Waals surface area contributed by atoms with Crippen molar-refractivity contribution in [3.63, 3.8) is 0 Å². The van der Waals surface area contributed by atoms with Gasteiger partial charge >= 0.3 is 0 Å². The van der Waals surface area contributed by atoms with E-state index in [0.29, 0.717) is 6.54 Å². The molecule has 114 valence electrons. The van der Waals surface area contributed by atoms with Crippen molar-refractivity contribution in [2.24, 2.45) is 5.92 Å². The normalized spacial score (nSPS) is 26.1. The molecule has 0 atom stereocenters. The number of rotatable bonds is 4. The second-order valence-electron chi connectivity index (χ2n) is 5.91. The Morgan fingerprint density at radius 2 is 2.19 bits per heavy atom. The van der Waals surface area contributed by atoms with E-state index >= 15 is 0 Å². The third-order valence-corrected chi connectivity index (χ3v) is 5.47. The summed E-state index contributed by atoms with van der Waals surface area (Å²) in [5, 5.41) is 17.2. The van der Waals surface area contributed by atoms with Crippen LogP contribution >= 0.6 is 22.9 Å². The summed E-state index contributed by atoms with van der Waals surface area (Å²) in [6.45, 7) is 2.74. The Bertz CT molecular complexity index is 622. The first-order valence-corrected chi connectivity index (χ1v) is 8.72. The Labute approximate surface area is 133 Å². The summed E-state index contributed by atoms with van der Waals surface area (Å²) in [5.74, 6) is 1.49. The van der Waals surface area contributed by atoms with E-state index in [4.69, 9.17) is 11.6 Å². The second kappa shape index (κ2) is 6.07. The van der Waals surface area contributed by atoms with Gasteiger partial charge in [0.15, 0.2) is 0 Å². The summed E-state index contributed by atoms with van der Waals surface area (Å²) < 4.78 is 0. The Kier molecular flexibility index (Phi) is 4.33. The number of nitrogens with zero attached hydrogens (tertiary/aromatic N) is 2. The van der Waals surface area contributed by atoms with Crippen molar-refractivity contribution >= 4 is 39.0 Å². The molecule has 3 rings (SSSR count). The fourth-order valence-corrected chi connectivity index (χ4v) is 4.00. The molecule has 21 heavy (non-hydrogen) atoms. The third kappa shape index (κ3) is 3.30. The van der Waals surface area contributed by atoms with Crippen molar-refractivity contribution in [3.8, 4) is 0 Å². The van der Waals surface area contributed by atoms with Gasteiger partial charge in [0.2, 0.25) is 5.28 Å². The smallest absolute Gasteiger partial charge is 0.225 e. The van der Waals surface area contributed by atoms with Gasteiger partial charge in [-0.1, -0.05) is 13.3 Å². The molecule has 0 amide bonds. The van der Waals surface area contributed by atoms with E-state index < -0.39 is 5.60 Å². The van der Waals surface area contributed by atoms with E-state index in [0.717, 1.165) is 47.6 Å². The first-order valence-electron chi connectivity index (χ1n) is 7.46. The van der Waals surface area contributed by atoms with Crippen LogP contribution in [0.5, 0.6) is 0 Å². The summed E-state index contributed by atoms with van der Waals surface area (Å²) >= 11 is 7.50. The Balaban J connectivity index is 1.70. The summed E-state index contributed by atoms with van der Waals surface area (Å²) in [5.41, 5.74) is -0.633. The lowest BCUT2D eigenvalue weighted by atomic mass is 9.78. The first kappa shape index (κ1) is 15.0.